The van der Waals surface area contributed by atoms with E-state index in [-0.39, 0.29) is 24.0 Å². The van der Waals surface area contributed by atoms with Gasteiger partial charge in [-0.25, -0.2) is 4.39 Å². The standard InChI is InChI=1S/C28H48FN5O/c1-17-9-11-30-24(12-17)27(20-5-6-20)34-28(35)25-15-19(16-32-26-4-3-10-31-26)14-23(33-25)22-8-7-21(29)13-18(22)2/h17-25,27,30,33H,3-16H2,1-2H3,(H,31,32)(H,34,35). The van der Waals surface area contributed by atoms with Crippen molar-refractivity contribution in [3.63, 3.8) is 0 Å². The molecular formula is C28H48FN5O. The maximum atomic E-state index is 14.1. The van der Waals surface area contributed by atoms with Gasteiger partial charge in [0.05, 0.1) is 11.9 Å². The highest BCUT2D eigenvalue weighted by Gasteiger charge is 2.43. The molecule has 198 valence electrons. The molecule has 9 unspecified atom stereocenters. The van der Waals surface area contributed by atoms with E-state index in [9.17, 15) is 9.18 Å². The summed E-state index contributed by atoms with van der Waals surface area (Å²) in [6.45, 7) is 7.43. The van der Waals surface area contributed by atoms with Crippen LogP contribution in [-0.2, 0) is 4.79 Å². The molecular weight excluding hydrogens is 441 g/mol. The van der Waals surface area contributed by atoms with E-state index in [1.54, 1.807) is 0 Å². The summed E-state index contributed by atoms with van der Waals surface area (Å²) in [6, 6.07) is 0.764. The van der Waals surface area contributed by atoms with E-state index in [0.717, 1.165) is 69.9 Å². The quantitative estimate of drug-likeness (QED) is 0.441. The second kappa shape index (κ2) is 11.5. The average molecular weight is 490 g/mol. The molecule has 0 aromatic rings. The largest absolute Gasteiger partial charge is 0.374 e. The van der Waals surface area contributed by atoms with Crippen LogP contribution in [0.25, 0.3) is 0 Å². The monoisotopic (exact) mass is 489 g/mol. The normalized spacial score (nSPS) is 41.2. The van der Waals surface area contributed by atoms with E-state index in [4.69, 9.17) is 0 Å². The lowest BCUT2D eigenvalue weighted by atomic mass is 9.71. The van der Waals surface area contributed by atoms with Gasteiger partial charge in [-0.15, -0.1) is 0 Å². The zero-order chi connectivity index (χ0) is 24.4. The molecule has 4 fully saturated rings. The van der Waals surface area contributed by atoms with Crippen LogP contribution in [0.15, 0.2) is 4.99 Å². The van der Waals surface area contributed by atoms with Gasteiger partial charge in [0.25, 0.3) is 0 Å². The Hall–Kier alpha value is -1.21. The Bertz CT molecular complexity index is 758. The van der Waals surface area contributed by atoms with Crippen molar-refractivity contribution in [2.75, 3.05) is 19.6 Å². The van der Waals surface area contributed by atoms with E-state index in [1.807, 2.05) is 0 Å². The Morgan fingerprint density at radius 2 is 1.97 bits per heavy atom. The molecule has 6 nitrogen and oxygen atoms in total. The van der Waals surface area contributed by atoms with Gasteiger partial charge in [0.15, 0.2) is 0 Å². The summed E-state index contributed by atoms with van der Waals surface area (Å²) in [5.41, 5.74) is 0. The zero-order valence-corrected chi connectivity index (χ0v) is 21.9. The number of carbonyl (C=O) groups excluding carboxylic acids is 1. The lowest BCUT2D eigenvalue weighted by molar-refractivity contribution is -0.126. The molecule has 5 aliphatic rings. The van der Waals surface area contributed by atoms with Gasteiger partial charge in [-0.1, -0.05) is 13.8 Å². The van der Waals surface area contributed by atoms with E-state index >= 15 is 0 Å². The summed E-state index contributed by atoms with van der Waals surface area (Å²) < 4.78 is 14.1. The molecule has 0 aromatic heterocycles. The maximum Gasteiger partial charge on any atom is 0.237 e. The molecule has 4 N–H and O–H groups in total. The Kier molecular flexibility index (Phi) is 8.32. The predicted octanol–water partition coefficient (Wildman–Crippen LogP) is 3.56. The molecule has 35 heavy (non-hydrogen) atoms. The molecule has 3 aliphatic heterocycles. The molecule has 1 amide bonds. The summed E-state index contributed by atoms with van der Waals surface area (Å²) >= 11 is 0. The number of carbonyl (C=O) groups is 1. The number of nitrogens with zero attached hydrogens (tertiary/aromatic N) is 1. The van der Waals surface area contributed by atoms with E-state index in [2.05, 4.69) is 40.1 Å². The summed E-state index contributed by atoms with van der Waals surface area (Å²) in [5.74, 6) is 3.90. The van der Waals surface area contributed by atoms with E-state index < -0.39 is 6.17 Å². The van der Waals surface area contributed by atoms with Crippen LogP contribution in [0.5, 0.6) is 0 Å². The van der Waals surface area contributed by atoms with Gasteiger partial charge in [-0.05, 0) is 100 Å². The van der Waals surface area contributed by atoms with Crippen LogP contribution in [0.3, 0.4) is 0 Å². The second-order valence-corrected chi connectivity index (χ2v) is 12.6. The van der Waals surface area contributed by atoms with Crippen molar-refractivity contribution < 1.29 is 9.18 Å². The number of hydrogen-bond donors (Lipinski definition) is 4. The third-order valence-electron chi connectivity index (χ3n) is 9.62. The minimum absolute atomic E-state index is 0.163. The number of amides is 1. The number of aliphatic imine (C=N–C) groups is 1. The van der Waals surface area contributed by atoms with E-state index in [1.165, 1.54) is 19.3 Å². The number of rotatable bonds is 7. The first-order valence-electron chi connectivity index (χ1n) is 14.7. The molecule has 3 heterocycles. The van der Waals surface area contributed by atoms with Gasteiger partial charge in [0.1, 0.15) is 6.17 Å². The SMILES string of the molecule is CC1CCNC(C(NC(=O)C2CC(CNC3=NCCC3)CC(C3CCC(F)CC3C)N2)C2CC2)C1. The van der Waals surface area contributed by atoms with Crippen molar-refractivity contribution in [1.82, 2.24) is 21.3 Å². The van der Waals surface area contributed by atoms with Gasteiger partial charge in [0, 0.05) is 37.6 Å². The third-order valence-corrected chi connectivity index (χ3v) is 9.62. The molecule has 0 bridgehead atoms. The fourth-order valence-corrected chi connectivity index (χ4v) is 7.42. The summed E-state index contributed by atoms with van der Waals surface area (Å²) in [5, 5.41) is 14.6. The minimum atomic E-state index is -0.661. The van der Waals surface area contributed by atoms with Crippen molar-refractivity contribution in [3.8, 4) is 0 Å². The number of amidine groups is 1. The van der Waals surface area contributed by atoms with Crippen LogP contribution >= 0.6 is 0 Å². The van der Waals surface area contributed by atoms with Crippen LogP contribution in [0, 0.1) is 29.6 Å². The molecule has 7 heteroatoms. The summed E-state index contributed by atoms with van der Waals surface area (Å²) in [4.78, 5) is 18.3. The Labute approximate surface area is 211 Å². The Balaban J connectivity index is 1.25. The zero-order valence-electron chi connectivity index (χ0n) is 21.9. The van der Waals surface area contributed by atoms with Gasteiger partial charge >= 0.3 is 0 Å². The van der Waals surface area contributed by atoms with Crippen molar-refractivity contribution in [2.24, 2.45) is 34.6 Å². The van der Waals surface area contributed by atoms with E-state index in [0.29, 0.717) is 42.6 Å². The van der Waals surface area contributed by atoms with Crippen molar-refractivity contribution >= 4 is 11.7 Å². The first-order valence-corrected chi connectivity index (χ1v) is 14.7. The van der Waals surface area contributed by atoms with Crippen molar-refractivity contribution in [3.05, 3.63) is 0 Å². The number of piperidine rings is 2. The lowest BCUT2D eigenvalue weighted by Crippen LogP contribution is -2.61. The Morgan fingerprint density at radius 1 is 1.11 bits per heavy atom. The number of nitrogens with one attached hydrogen (secondary N) is 4. The lowest BCUT2D eigenvalue weighted by Gasteiger charge is -2.44. The molecule has 2 saturated carbocycles. The molecule has 0 aromatic carbocycles. The van der Waals surface area contributed by atoms with Crippen LogP contribution in [-0.4, -0.2) is 61.7 Å². The first kappa shape index (κ1) is 25.4. The van der Waals surface area contributed by atoms with Crippen LogP contribution in [0.1, 0.15) is 84.5 Å². The third kappa shape index (κ3) is 6.57. The molecule has 2 saturated heterocycles. The van der Waals surface area contributed by atoms with Gasteiger partial charge in [0.2, 0.25) is 5.91 Å². The summed E-state index contributed by atoms with van der Waals surface area (Å²) in [7, 11) is 0. The number of hydrogen-bond acceptors (Lipinski definition) is 5. The molecule has 0 spiro atoms. The van der Waals surface area contributed by atoms with Crippen LogP contribution in [0.4, 0.5) is 4.39 Å². The number of alkyl halides is 1. The maximum absolute atomic E-state index is 14.1. The summed E-state index contributed by atoms with van der Waals surface area (Å²) in [6.07, 6.45) is 10.6. The minimum Gasteiger partial charge on any atom is -0.374 e. The highest BCUT2D eigenvalue weighted by Crippen LogP contribution is 2.39. The predicted molar refractivity (Wildman–Crippen MR) is 139 cm³/mol. The van der Waals surface area contributed by atoms with Gasteiger partial charge in [-0.2, -0.15) is 0 Å². The van der Waals surface area contributed by atoms with Crippen molar-refractivity contribution in [1.29, 1.82) is 0 Å². The Morgan fingerprint density at radius 3 is 2.69 bits per heavy atom. The first-order chi connectivity index (χ1) is 17.0. The highest BCUT2D eigenvalue weighted by molar-refractivity contribution is 5.83. The fraction of sp³-hybridized carbons (Fsp3) is 0.929. The van der Waals surface area contributed by atoms with Crippen molar-refractivity contribution in [2.45, 2.75) is 115 Å². The fourth-order valence-electron chi connectivity index (χ4n) is 7.42. The molecule has 5 rings (SSSR count). The highest BCUT2D eigenvalue weighted by atomic mass is 19.1. The van der Waals surface area contributed by atoms with Gasteiger partial charge < -0.3 is 21.3 Å². The topological polar surface area (TPSA) is 77.5 Å². The molecule has 0 radical (unpaired) electrons. The van der Waals surface area contributed by atoms with Crippen LogP contribution in [0.2, 0.25) is 0 Å². The molecule has 2 aliphatic carbocycles. The second-order valence-electron chi connectivity index (χ2n) is 12.6. The van der Waals surface area contributed by atoms with Crippen LogP contribution < -0.4 is 21.3 Å². The average Bonchev–Trinajstić information content (AvgIpc) is 3.55. The smallest absolute Gasteiger partial charge is 0.237 e. The van der Waals surface area contributed by atoms with Gasteiger partial charge in [-0.3, -0.25) is 9.79 Å². The molecule has 9 atom stereocenters. The number of halogens is 1.